The topological polar surface area (TPSA) is 41.6 Å². The lowest BCUT2D eigenvalue weighted by Crippen LogP contribution is -2.28. The Morgan fingerprint density at radius 3 is 2.39 bits per heavy atom. The fourth-order valence-corrected chi connectivity index (χ4v) is 3.35. The van der Waals surface area contributed by atoms with E-state index in [1.165, 1.54) is 5.56 Å². The molecule has 0 heterocycles. The van der Waals surface area contributed by atoms with E-state index < -0.39 is 0 Å². The van der Waals surface area contributed by atoms with Crippen molar-refractivity contribution >= 4 is 16.7 Å². The maximum absolute atomic E-state index is 12.7. The van der Waals surface area contributed by atoms with E-state index in [0.29, 0.717) is 6.54 Å². The lowest BCUT2D eigenvalue weighted by atomic mass is 9.96. The molecule has 0 fully saturated rings. The molecule has 1 atom stereocenters. The highest BCUT2D eigenvalue weighted by atomic mass is 16.5. The Bertz CT molecular complexity index is 966. The summed E-state index contributed by atoms with van der Waals surface area (Å²) in [6, 6.07) is 20.4. The van der Waals surface area contributed by atoms with Gasteiger partial charge in [0.25, 0.3) is 0 Å². The largest absolute Gasteiger partial charge is 0.497 e. The van der Waals surface area contributed by atoms with Crippen molar-refractivity contribution in [3.05, 3.63) is 77.4 Å². The van der Waals surface area contributed by atoms with Crippen LogP contribution in [0.25, 0.3) is 10.8 Å². The molecule has 0 saturated heterocycles. The average molecular weight is 377 g/mol. The molecule has 0 aliphatic carbocycles. The molecule has 1 amide bonds. The Balaban J connectivity index is 1.70. The zero-order chi connectivity index (χ0) is 20.1. The molecule has 0 unspecified atom stereocenters. The number of benzene rings is 3. The number of amides is 1. The molecule has 3 aromatic carbocycles. The number of hydrogen-bond donors (Lipinski definition) is 1. The fraction of sp³-hybridized carbons (Fsp3) is 0.292. The van der Waals surface area contributed by atoms with Crippen LogP contribution in [0.4, 0.5) is 0 Å². The van der Waals surface area contributed by atoms with Crippen molar-refractivity contribution in [2.75, 3.05) is 21.2 Å². The molecule has 0 spiro atoms. The first-order valence-electron chi connectivity index (χ1n) is 9.55. The zero-order valence-corrected chi connectivity index (χ0v) is 17.0. The third kappa shape index (κ3) is 4.70. The van der Waals surface area contributed by atoms with Crippen LogP contribution in [0.3, 0.4) is 0 Å². The first-order chi connectivity index (χ1) is 13.5. The minimum Gasteiger partial charge on any atom is -0.497 e. The predicted molar refractivity (Wildman–Crippen MR) is 115 cm³/mol. The predicted octanol–water partition coefficient (Wildman–Crippen LogP) is 4.33. The van der Waals surface area contributed by atoms with Gasteiger partial charge in [-0.05, 0) is 60.6 Å². The number of methoxy groups -OCH3 is 1. The molecule has 3 rings (SSSR count). The van der Waals surface area contributed by atoms with Crippen LogP contribution in [-0.2, 0) is 17.9 Å². The minimum atomic E-state index is -0.215. The number of carbonyl (C=O) groups is 1. The van der Waals surface area contributed by atoms with Gasteiger partial charge in [-0.15, -0.1) is 0 Å². The van der Waals surface area contributed by atoms with Crippen molar-refractivity contribution in [3.63, 3.8) is 0 Å². The van der Waals surface area contributed by atoms with Crippen LogP contribution in [0.2, 0.25) is 0 Å². The maximum atomic E-state index is 12.7. The SMILES string of the molecule is COc1ccc2cc([C@H](C)C(=O)NCc3ccccc3CN(C)C)ccc2c1. The summed E-state index contributed by atoms with van der Waals surface area (Å²) in [6.07, 6.45) is 0. The normalized spacial score (nSPS) is 12.2. The molecule has 4 heteroatoms. The van der Waals surface area contributed by atoms with E-state index in [1.54, 1.807) is 7.11 Å². The van der Waals surface area contributed by atoms with Gasteiger partial charge in [0, 0.05) is 13.1 Å². The van der Waals surface area contributed by atoms with Gasteiger partial charge in [0.1, 0.15) is 5.75 Å². The fourth-order valence-electron chi connectivity index (χ4n) is 3.35. The molecule has 0 radical (unpaired) electrons. The summed E-state index contributed by atoms with van der Waals surface area (Å²) in [5, 5.41) is 5.31. The first-order valence-corrected chi connectivity index (χ1v) is 9.55. The molecule has 3 aromatic rings. The van der Waals surface area contributed by atoms with Crippen molar-refractivity contribution in [2.24, 2.45) is 0 Å². The lowest BCUT2D eigenvalue weighted by molar-refractivity contribution is -0.122. The molecular formula is C24H28N2O2. The van der Waals surface area contributed by atoms with Gasteiger partial charge in [-0.1, -0.05) is 48.5 Å². The van der Waals surface area contributed by atoms with Crippen molar-refractivity contribution in [1.29, 1.82) is 0 Å². The van der Waals surface area contributed by atoms with Crippen LogP contribution in [0.1, 0.15) is 29.5 Å². The Labute approximate surface area is 167 Å². The Hall–Kier alpha value is -2.85. The van der Waals surface area contributed by atoms with Crippen molar-refractivity contribution in [3.8, 4) is 5.75 Å². The smallest absolute Gasteiger partial charge is 0.227 e. The number of carbonyl (C=O) groups excluding carboxylic acids is 1. The van der Waals surface area contributed by atoms with Gasteiger partial charge < -0.3 is 15.0 Å². The summed E-state index contributed by atoms with van der Waals surface area (Å²) < 4.78 is 5.28. The van der Waals surface area contributed by atoms with E-state index in [9.17, 15) is 4.79 Å². The van der Waals surface area contributed by atoms with Gasteiger partial charge in [-0.25, -0.2) is 0 Å². The van der Waals surface area contributed by atoms with E-state index in [4.69, 9.17) is 4.74 Å². The summed E-state index contributed by atoms with van der Waals surface area (Å²) in [6.45, 7) is 3.35. The lowest BCUT2D eigenvalue weighted by Gasteiger charge is -2.17. The Kier molecular flexibility index (Phi) is 6.32. The second-order valence-electron chi connectivity index (χ2n) is 7.42. The highest BCUT2D eigenvalue weighted by Gasteiger charge is 2.16. The Morgan fingerprint density at radius 2 is 1.68 bits per heavy atom. The molecule has 0 bridgehead atoms. The number of rotatable bonds is 7. The second kappa shape index (κ2) is 8.89. The number of nitrogens with zero attached hydrogens (tertiary/aromatic N) is 1. The van der Waals surface area contributed by atoms with Crippen LogP contribution >= 0.6 is 0 Å². The third-order valence-electron chi connectivity index (χ3n) is 5.02. The number of nitrogens with one attached hydrogen (secondary N) is 1. The molecule has 146 valence electrons. The van der Waals surface area contributed by atoms with Crippen LogP contribution in [0, 0.1) is 0 Å². The van der Waals surface area contributed by atoms with Crippen LogP contribution in [0.5, 0.6) is 5.75 Å². The van der Waals surface area contributed by atoms with Crippen LogP contribution < -0.4 is 10.1 Å². The van der Waals surface area contributed by atoms with Crippen molar-refractivity contribution in [1.82, 2.24) is 10.2 Å². The summed E-state index contributed by atoms with van der Waals surface area (Å²) >= 11 is 0. The summed E-state index contributed by atoms with van der Waals surface area (Å²) in [7, 11) is 5.76. The number of hydrogen-bond acceptors (Lipinski definition) is 3. The summed E-state index contributed by atoms with van der Waals surface area (Å²) in [4.78, 5) is 14.9. The molecule has 4 nitrogen and oxygen atoms in total. The van der Waals surface area contributed by atoms with Crippen LogP contribution in [0.15, 0.2) is 60.7 Å². The van der Waals surface area contributed by atoms with Crippen LogP contribution in [-0.4, -0.2) is 32.0 Å². The monoisotopic (exact) mass is 376 g/mol. The number of fused-ring (bicyclic) bond motifs is 1. The van der Waals surface area contributed by atoms with Gasteiger partial charge in [-0.3, -0.25) is 4.79 Å². The molecule has 0 aromatic heterocycles. The van der Waals surface area contributed by atoms with E-state index in [2.05, 4.69) is 28.4 Å². The Morgan fingerprint density at radius 1 is 1.00 bits per heavy atom. The highest BCUT2D eigenvalue weighted by Crippen LogP contribution is 2.25. The van der Waals surface area contributed by atoms with Gasteiger partial charge in [0.15, 0.2) is 0 Å². The van der Waals surface area contributed by atoms with E-state index >= 15 is 0 Å². The highest BCUT2D eigenvalue weighted by molar-refractivity contribution is 5.88. The average Bonchev–Trinajstić information content (AvgIpc) is 2.71. The molecule has 28 heavy (non-hydrogen) atoms. The summed E-state index contributed by atoms with van der Waals surface area (Å²) in [5.41, 5.74) is 3.40. The van der Waals surface area contributed by atoms with Gasteiger partial charge >= 0.3 is 0 Å². The minimum absolute atomic E-state index is 0.0347. The summed E-state index contributed by atoms with van der Waals surface area (Å²) in [5.74, 6) is 0.655. The third-order valence-corrected chi connectivity index (χ3v) is 5.02. The second-order valence-corrected chi connectivity index (χ2v) is 7.42. The molecule has 0 aliphatic heterocycles. The van der Waals surface area contributed by atoms with E-state index in [1.807, 2.05) is 63.5 Å². The zero-order valence-electron chi connectivity index (χ0n) is 17.0. The van der Waals surface area contributed by atoms with E-state index in [0.717, 1.165) is 34.2 Å². The molecule has 0 saturated carbocycles. The van der Waals surface area contributed by atoms with Gasteiger partial charge in [-0.2, -0.15) is 0 Å². The quantitative estimate of drug-likeness (QED) is 0.667. The van der Waals surface area contributed by atoms with Crippen molar-refractivity contribution in [2.45, 2.75) is 25.9 Å². The standard InChI is InChI=1S/C24H28N2O2/c1-17(18-9-10-20-14-23(28-4)12-11-19(20)13-18)24(27)25-15-21-7-5-6-8-22(21)16-26(2)3/h5-14,17H,15-16H2,1-4H3,(H,25,27)/t17-/m0/s1. The maximum Gasteiger partial charge on any atom is 0.227 e. The molecule has 1 N–H and O–H groups in total. The van der Waals surface area contributed by atoms with Gasteiger partial charge in [0.05, 0.1) is 13.0 Å². The first kappa shape index (κ1) is 19.9. The molecule has 0 aliphatic rings. The number of ether oxygens (including phenoxy) is 1. The molecular weight excluding hydrogens is 348 g/mol. The van der Waals surface area contributed by atoms with Crippen molar-refractivity contribution < 1.29 is 9.53 Å². The van der Waals surface area contributed by atoms with Gasteiger partial charge in [0.2, 0.25) is 5.91 Å². The van der Waals surface area contributed by atoms with E-state index in [-0.39, 0.29) is 11.8 Å².